The molecular formula is C16H22ClN3. The second-order valence-electron chi connectivity index (χ2n) is 5.94. The van der Waals surface area contributed by atoms with Gasteiger partial charge in [-0.1, -0.05) is 18.5 Å². The number of nitrogens with one attached hydrogen (secondary N) is 1. The van der Waals surface area contributed by atoms with Crippen molar-refractivity contribution >= 4 is 11.6 Å². The van der Waals surface area contributed by atoms with Crippen LogP contribution in [0.5, 0.6) is 0 Å². The van der Waals surface area contributed by atoms with Gasteiger partial charge in [-0.3, -0.25) is 0 Å². The van der Waals surface area contributed by atoms with E-state index in [9.17, 15) is 0 Å². The Balaban J connectivity index is 2.38. The van der Waals surface area contributed by atoms with Gasteiger partial charge in [-0.05, 0) is 44.5 Å². The molecule has 20 heavy (non-hydrogen) atoms. The van der Waals surface area contributed by atoms with Crippen LogP contribution in [0.2, 0.25) is 5.02 Å². The SMILES string of the molecule is CCc1nccn1-c1ccc(Cl)cc1CNC(C)(C)C. The van der Waals surface area contributed by atoms with Crippen LogP contribution in [0, 0.1) is 0 Å². The Hall–Kier alpha value is -1.32. The number of halogens is 1. The minimum absolute atomic E-state index is 0.0715. The van der Waals surface area contributed by atoms with Gasteiger partial charge >= 0.3 is 0 Å². The molecule has 1 aromatic heterocycles. The van der Waals surface area contributed by atoms with Gasteiger partial charge in [-0.2, -0.15) is 0 Å². The van der Waals surface area contributed by atoms with Gasteiger partial charge in [0.1, 0.15) is 5.82 Å². The van der Waals surface area contributed by atoms with E-state index in [1.54, 1.807) is 0 Å². The minimum atomic E-state index is 0.0715. The molecule has 0 saturated heterocycles. The largest absolute Gasteiger partial charge is 0.308 e. The first kappa shape index (κ1) is 15.1. The van der Waals surface area contributed by atoms with E-state index in [0.717, 1.165) is 29.5 Å². The van der Waals surface area contributed by atoms with Gasteiger partial charge in [0, 0.05) is 35.9 Å². The number of nitrogens with zero attached hydrogens (tertiary/aromatic N) is 2. The molecule has 1 aromatic carbocycles. The summed E-state index contributed by atoms with van der Waals surface area (Å²) < 4.78 is 2.13. The summed E-state index contributed by atoms with van der Waals surface area (Å²) >= 11 is 6.15. The smallest absolute Gasteiger partial charge is 0.112 e. The van der Waals surface area contributed by atoms with Crippen molar-refractivity contribution in [3.05, 3.63) is 47.0 Å². The average molecular weight is 292 g/mol. The molecule has 0 spiro atoms. The van der Waals surface area contributed by atoms with Gasteiger partial charge in [0.05, 0.1) is 5.69 Å². The van der Waals surface area contributed by atoms with Crippen LogP contribution in [0.1, 0.15) is 39.1 Å². The van der Waals surface area contributed by atoms with E-state index < -0.39 is 0 Å². The molecule has 0 aliphatic carbocycles. The van der Waals surface area contributed by atoms with E-state index in [-0.39, 0.29) is 5.54 Å². The number of aromatic nitrogens is 2. The molecule has 1 N–H and O–H groups in total. The zero-order chi connectivity index (χ0) is 14.8. The van der Waals surface area contributed by atoms with Crippen LogP contribution < -0.4 is 5.32 Å². The number of benzene rings is 1. The monoisotopic (exact) mass is 291 g/mol. The summed E-state index contributed by atoms with van der Waals surface area (Å²) in [7, 11) is 0. The summed E-state index contributed by atoms with van der Waals surface area (Å²) in [5.74, 6) is 1.06. The van der Waals surface area contributed by atoms with Crippen molar-refractivity contribution in [3.63, 3.8) is 0 Å². The normalized spacial score (nSPS) is 11.8. The highest BCUT2D eigenvalue weighted by Gasteiger charge is 2.13. The molecule has 108 valence electrons. The second kappa shape index (κ2) is 5.98. The molecule has 0 bridgehead atoms. The molecule has 0 saturated carbocycles. The van der Waals surface area contributed by atoms with Crippen LogP contribution in [0.3, 0.4) is 0 Å². The summed E-state index contributed by atoms with van der Waals surface area (Å²) in [6.07, 6.45) is 4.75. The quantitative estimate of drug-likeness (QED) is 0.923. The van der Waals surface area contributed by atoms with Crippen LogP contribution in [-0.4, -0.2) is 15.1 Å². The Bertz CT molecular complexity index is 582. The van der Waals surface area contributed by atoms with Gasteiger partial charge < -0.3 is 9.88 Å². The molecule has 4 heteroatoms. The molecule has 0 aliphatic heterocycles. The fourth-order valence-electron chi connectivity index (χ4n) is 2.11. The van der Waals surface area contributed by atoms with Gasteiger partial charge in [-0.15, -0.1) is 0 Å². The fourth-order valence-corrected chi connectivity index (χ4v) is 2.30. The molecule has 0 radical (unpaired) electrons. The Kier molecular flexibility index (Phi) is 4.51. The molecule has 1 heterocycles. The lowest BCUT2D eigenvalue weighted by Crippen LogP contribution is -2.35. The van der Waals surface area contributed by atoms with Crippen molar-refractivity contribution in [1.82, 2.24) is 14.9 Å². The molecular weight excluding hydrogens is 270 g/mol. The molecule has 0 aliphatic rings. The number of aryl methyl sites for hydroxylation is 1. The maximum atomic E-state index is 6.15. The summed E-state index contributed by atoms with van der Waals surface area (Å²) in [5, 5.41) is 4.27. The summed E-state index contributed by atoms with van der Waals surface area (Å²) in [6.45, 7) is 9.37. The van der Waals surface area contributed by atoms with Crippen molar-refractivity contribution in [3.8, 4) is 5.69 Å². The van der Waals surface area contributed by atoms with Gasteiger partial charge in [0.2, 0.25) is 0 Å². The van der Waals surface area contributed by atoms with Gasteiger partial charge in [0.15, 0.2) is 0 Å². The van der Waals surface area contributed by atoms with E-state index in [0.29, 0.717) is 0 Å². The zero-order valence-electron chi connectivity index (χ0n) is 12.6. The van der Waals surface area contributed by atoms with Crippen molar-refractivity contribution in [2.45, 2.75) is 46.2 Å². The first-order chi connectivity index (χ1) is 9.40. The van der Waals surface area contributed by atoms with E-state index in [2.05, 4.69) is 48.6 Å². The average Bonchev–Trinajstić information content (AvgIpc) is 2.83. The van der Waals surface area contributed by atoms with Crippen molar-refractivity contribution in [1.29, 1.82) is 0 Å². The number of rotatable bonds is 4. The minimum Gasteiger partial charge on any atom is -0.308 e. The van der Waals surface area contributed by atoms with E-state index in [4.69, 9.17) is 11.6 Å². The summed E-state index contributed by atoms with van der Waals surface area (Å²) in [4.78, 5) is 4.39. The van der Waals surface area contributed by atoms with Gasteiger partial charge in [-0.25, -0.2) is 4.98 Å². The van der Waals surface area contributed by atoms with E-state index in [1.165, 1.54) is 5.56 Å². The Morgan fingerprint density at radius 2 is 2.05 bits per heavy atom. The Labute approximate surface area is 126 Å². The summed E-state index contributed by atoms with van der Waals surface area (Å²) in [5.41, 5.74) is 2.39. The van der Waals surface area contributed by atoms with Crippen LogP contribution in [0.25, 0.3) is 5.69 Å². The topological polar surface area (TPSA) is 29.9 Å². The molecule has 2 aromatic rings. The summed E-state index contributed by atoms with van der Waals surface area (Å²) in [6, 6.07) is 6.01. The number of imidazole rings is 1. The predicted molar refractivity (Wildman–Crippen MR) is 84.5 cm³/mol. The highest BCUT2D eigenvalue weighted by Crippen LogP contribution is 2.22. The first-order valence-electron chi connectivity index (χ1n) is 6.97. The highest BCUT2D eigenvalue weighted by molar-refractivity contribution is 6.30. The van der Waals surface area contributed by atoms with E-state index in [1.807, 2.05) is 24.5 Å². The van der Waals surface area contributed by atoms with Crippen LogP contribution in [0.15, 0.2) is 30.6 Å². The predicted octanol–water partition coefficient (Wildman–Crippen LogP) is 3.98. The maximum absolute atomic E-state index is 6.15. The molecule has 3 nitrogen and oxygen atoms in total. The molecule has 0 fully saturated rings. The Morgan fingerprint density at radius 1 is 1.30 bits per heavy atom. The standard InChI is InChI=1S/C16H22ClN3/c1-5-15-18-8-9-20(15)14-7-6-13(17)10-12(14)11-19-16(2,3)4/h6-10,19H,5,11H2,1-4H3. The molecule has 0 unspecified atom stereocenters. The lowest BCUT2D eigenvalue weighted by Gasteiger charge is -2.22. The van der Waals surface area contributed by atoms with Crippen LogP contribution in [-0.2, 0) is 13.0 Å². The third kappa shape index (κ3) is 3.62. The van der Waals surface area contributed by atoms with Gasteiger partial charge in [0.25, 0.3) is 0 Å². The van der Waals surface area contributed by atoms with Crippen molar-refractivity contribution < 1.29 is 0 Å². The molecule has 2 rings (SSSR count). The Morgan fingerprint density at radius 3 is 2.70 bits per heavy atom. The highest BCUT2D eigenvalue weighted by atomic mass is 35.5. The third-order valence-electron chi connectivity index (χ3n) is 3.14. The number of hydrogen-bond donors (Lipinski definition) is 1. The van der Waals surface area contributed by atoms with Crippen LogP contribution >= 0.6 is 11.6 Å². The maximum Gasteiger partial charge on any atom is 0.112 e. The number of hydrogen-bond acceptors (Lipinski definition) is 2. The van der Waals surface area contributed by atoms with E-state index >= 15 is 0 Å². The first-order valence-corrected chi connectivity index (χ1v) is 7.34. The fraction of sp³-hybridized carbons (Fsp3) is 0.438. The zero-order valence-corrected chi connectivity index (χ0v) is 13.3. The molecule has 0 atom stereocenters. The third-order valence-corrected chi connectivity index (χ3v) is 3.38. The van der Waals surface area contributed by atoms with Crippen molar-refractivity contribution in [2.24, 2.45) is 0 Å². The lowest BCUT2D eigenvalue weighted by atomic mass is 10.1. The van der Waals surface area contributed by atoms with Crippen molar-refractivity contribution in [2.75, 3.05) is 0 Å². The lowest BCUT2D eigenvalue weighted by molar-refractivity contribution is 0.424. The molecule has 0 amide bonds. The second-order valence-corrected chi connectivity index (χ2v) is 6.38. The van der Waals surface area contributed by atoms with Crippen LogP contribution in [0.4, 0.5) is 0 Å².